The van der Waals surface area contributed by atoms with Crippen LogP contribution >= 0.6 is 27.5 Å². The normalized spacial score (nSPS) is 28.3. The van der Waals surface area contributed by atoms with Crippen LogP contribution in [0, 0.1) is 0 Å². The summed E-state index contributed by atoms with van der Waals surface area (Å²) in [7, 11) is 1.99. The van der Waals surface area contributed by atoms with E-state index < -0.39 is 5.60 Å². The first-order valence-electron chi connectivity index (χ1n) is 6.36. The number of aliphatic hydroxyl groups is 1. The summed E-state index contributed by atoms with van der Waals surface area (Å²) in [5.74, 6) is 0. The summed E-state index contributed by atoms with van der Waals surface area (Å²) in [5.41, 5.74) is 0.440. The Morgan fingerprint density at radius 3 is 2.67 bits per heavy atom. The lowest BCUT2D eigenvalue weighted by Crippen LogP contribution is -2.41. The van der Waals surface area contributed by atoms with Crippen LogP contribution in [0.2, 0.25) is 5.02 Å². The summed E-state index contributed by atoms with van der Waals surface area (Å²) in [6.45, 7) is 0. The van der Waals surface area contributed by atoms with Gasteiger partial charge in [0.25, 0.3) is 0 Å². The minimum absolute atomic E-state index is 0.547. The Kier molecular flexibility index (Phi) is 4.70. The Hall–Kier alpha value is -0.0900. The molecule has 2 nitrogen and oxygen atoms in total. The Morgan fingerprint density at radius 1 is 1.44 bits per heavy atom. The first-order chi connectivity index (χ1) is 8.52. The summed E-state index contributed by atoms with van der Waals surface area (Å²) >= 11 is 9.61. The molecule has 0 bridgehead atoms. The lowest BCUT2D eigenvalue weighted by Gasteiger charge is -2.36. The minimum atomic E-state index is -0.592. The second-order valence-corrected chi connectivity index (χ2v) is 6.52. The molecule has 0 heterocycles. The van der Waals surface area contributed by atoms with E-state index in [-0.39, 0.29) is 0 Å². The van der Waals surface area contributed by atoms with Crippen LogP contribution in [0.1, 0.15) is 31.2 Å². The molecule has 1 aliphatic rings. The van der Waals surface area contributed by atoms with Crippen molar-refractivity contribution in [2.75, 3.05) is 7.05 Å². The molecule has 2 N–H and O–H groups in total. The molecule has 0 amide bonds. The topological polar surface area (TPSA) is 32.3 Å². The van der Waals surface area contributed by atoms with E-state index in [0.29, 0.717) is 12.5 Å². The highest BCUT2D eigenvalue weighted by atomic mass is 79.9. The van der Waals surface area contributed by atoms with E-state index in [2.05, 4.69) is 21.2 Å². The molecule has 1 fully saturated rings. The van der Waals surface area contributed by atoms with E-state index in [9.17, 15) is 5.11 Å². The van der Waals surface area contributed by atoms with E-state index in [4.69, 9.17) is 11.6 Å². The van der Waals surface area contributed by atoms with Crippen molar-refractivity contribution in [2.24, 2.45) is 0 Å². The standard InChI is InChI=1S/C14H19BrClNO/c1-17-12-4-6-14(18,7-5-12)9-10-2-3-11(15)8-13(10)16/h2-3,8,12,17-18H,4-7,9H2,1H3. The fraction of sp³-hybridized carbons (Fsp3) is 0.571. The zero-order valence-electron chi connectivity index (χ0n) is 10.5. The summed E-state index contributed by atoms with van der Waals surface area (Å²) < 4.78 is 0.974. The largest absolute Gasteiger partial charge is 0.390 e. The van der Waals surface area contributed by atoms with E-state index in [1.54, 1.807) is 0 Å². The van der Waals surface area contributed by atoms with Gasteiger partial charge in [0.1, 0.15) is 0 Å². The number of benzene rings is 1. The first-order valence-corrected chi connectivity index (χ1v) is 7.53. The summed E-state index contributed by atoms with van der Waals surface area (Å²) in [5, 5.41) is 14.6. The summed E-state index contributed by atoms with van der Waals surface area (Å²) in [4.78, 5) is 0. The Labute approximate surface area is 122 Å². The lowest BCUT2D eigenvalue weighted by atomic mass is 9.78. The molecule has 0 aliphatic heterocycles. The van der Waals surface area contributed by atoms with Crippen LogP contribution in [-0.2, 0) is 6.42 Å². The fourth-order valence-corrected chi connectivity index (χ4v) is 3.38. The van der Waals surface area contributed by atoms with Crippen LogP contribution in [0.5, 0.6) is 0 Å². The van der Waals surface area contributed by atoms with Gasteiger partial charge in [-0.15, -0.1) is 0 Å². The van der Waals surface area contributed by atoms with Crippen LogP contribution < -0.4 is 5.32 Å². The smallest absolute Gasteiger partial charge is 0.0689 e. The molecule has 100 valence electrons. The predicted molar refractivity (Wildman–Crippen MR) is 79.1 cm³/mol. The van der Waals surface area contributed by atoms with Crippen LogP contribution in [0.15, 0.2) is 22.7 Å². The first kappa shape index (κ1) is 14.3. The molecule has 1 aromatic carbocycles. The molecule has 0 unspecified atom stereocenters. The maximum Gasteiger partial charge on any atom is 0.0689 e. The van der Waals surface area contributed by atoms with Gasteiger partial charge in [-0.05, 0) is 50.4 Å². The molecule has 18 heavy (non-hydrogen) atoms. The molecular weight excluding hydrogens is 314 g/mol. The molecule has 1 saturated carbocycles. The van der Waals surface area contributed by atoms with Crippen molar-refractivity contribution >= 4 is 27.5 Å². The van der Waals surface area contributed by atoms with Gasteiger partial charge in [-0.1, -0.05) is 33.6 Å². The highest BCUT2D eigenvalue weighted by Crippen LogP contribution is 2.33. The van der Waals surface area contributed by atoms with Crippen molar-refractivity contribution < 1.29 is 5.11 Å². The van der Waals surface area contributed by atoms with Crippen molar-refractivity contribution in [2.45, 2.75) is 43.7 Å². The molecule has 0 atom stereocenters. The Balaban J connectivity index is 2.04. The van der Waals surface area contributed by atoms with Crippen molar-refractivity contribution in [1.29, 1.82) is 0 Å². The molecule has 1 aliphatic carbocycles. The average molecular weight is 333 g/mol. The van der Waals surface area contributed by atoms with Gasteiger partial charge < -0.3 is 10.4 Å². The average Bonchev–Trinajstić information content (AvgIpc) is 2.34. The van der Waals surface area contributed by atoms with Crippen LogP contribution in [0.4, 0.5) is 0 Å². The molecule has 0 radical (unpaired) electrons. The zero-order chi connectivity index (χ0) is 13.2. The van der Waals surface area contributed by atoms with Gasteiger partial charge in [0.2, 0.25) is 0 Å². The highest BCUT2D eigenvalue weighted by Gasteiger charge is 2.33. The Morgan fingerprint density at radius 2 is 2.11 bits per heavy atom. The number of rotatable bonds is 3. The maximum atomic E-state index is 10.6. The third-order valence-corrected chi connectivity index (χ3v) is 4.70. The lowest BCUT2D eigenvalue weighted by molar-refractivity contribution is -0.00241. The zero-order valence-corrected chi connectivity index (χ0v) is 12.9. The monoisotopic (exact) mass is 331 g/mol. The quantitative estimate of drug-likeness (QED) is 0.887. The van der Waals surface area contributed by atoms with E-state index in [0.717, 1.165) is 40.7 Å². The number of nitrogens with one attached hydrogen (secondary N) is 1. The molecular formula is C14H19BrClNO. The molecule has 2 rings (SSSR count). The Bertz CT molecular complexity index is 416. The third-order valence-electron chi connectivity index (χ3n) is 3.86. The number of hydrogen-bond donors (Lipinski definition) is 2. The molecule has 4 heteroatoms. The van der Waals surface area contributed by atoms with Crippen LogP contribution in [0.25, 0.3) is 0 Å². The van der Waals surface area contributed by atoms with E-state index >= 15 is 0 Å². The van der Waals surface area contributed by atoms with Gasteiger partial charge in [0.15, 0.2) is 0 Å². The number of halogens is 2. The van der Waals surface area contributed by atoms with E-state index in [1.165, 1.54) is 0 Å². The van der Waals surface area contributed by atoms with Crippen molar-refractivity contribution in [3.63, 3.8) is 0 Å². The van der Waals surface area contributed by atoms with Gasteiger partial charge >= 0.3 is 0 Å². The molecule has 0 aromatic heterocycles. The number of hydrogen-bond acceptors (Lipinski definition) is 2. The van der Waals surface area contributed by atoms with Gasteiger partial charge in [0, 0.05) is 22.0 Å². The van der Waals surface area contributed by atoms with Crippen molar-refractivity contribution in [3.8, 4) is 0 Å². The SMILES string of the molecule is CNC1CCC(O)(Cc2ccc(Br)cc2Cl)CC1. The van der Waals surface area contributed by atoms with Crippen molar-refractivity contribution in [3.05, 3.63) is 33.3 Å². The van der Waals surface area contributed by atoms with Gasteiger partial charge in [-0.25, -0.2) is 0 Å². The van der Waals surface area contributed by atoms with Crippen LogP contribution in [0.3, 0.4) is 0 Å². The maximum absolute atomic E-state index is 10.6. The predicted octanol–water partition coefficient (Wildman–Crippen LogP) is 3.54. The minimum Gasteiger partial charge on any atom is -0.390 e. The van der Waals surface area contributed by atoms with Gasteiger partial charge in [-0.3, -0.25) is 0 Å². The molecule has 0 saturated heterocycles. The van der Waals surface area contributed by atoms with Crippen LogP contribution in [-0.4, -0.2) is 23.8 Å². The summed E-state index contributed by atoms with van der Waals surface area (Å²) in [6, 6.07) is 6.41. The molecule has 1 aromatic rings. The highest BCUT2D eigenvalue weighted by molar-refractivity contribution is 9.10. The van der Waals surface area contributed by atoms with Gasteiger partial charge in [0.05, 0.1) is 5.60 Å². The third kappa shape index (κ3) is 3.47. The second-order valence-electron chi connectivity index (χ2n) is 5.20. The molecule has 0 spiro atoms. The van der Waals surface area contributed by atoms with Crippen molar-refractivity contribution in [1.82, 2.24) is 5.32 Å². The van der Waals surface area contributed by atoms with Gasteiger partial charge in [-0.2, -0.15) is 0 Å². The summed E-state index contributed by atoms with van der Waals surface area (Å²) in [6.07, 6.45) is 4.38. The fourth-order valence-electron chi connectivity index (χ4n) is 2.64. The van der Waals surface area contributed by atoms with E-state index in [1.807, 2.05) is 25.2 Å². The second kappa shape index (κ2) is 5.91.